The van der Waals surface area contributed by atoms with Crippen LogP contribution in [0.15, 0.2) is 29.0 Å². The highest BCUT2D eigenvalue weighted by Crippen LogP contribution is 2.26. The van der Waals surface area contributed by atoms with Crippen LogP contribution in [0.5, 0.6) is 0 Å². The molecule has 2 heterocycles. The summed E-state index contributed by atoms with van der Waals surface area (Å²) in [6, 6.07) is 5.48. The van der Waals surface area contributed by atoms with E-state index in [1.165, 1.54) is 10.6 Å². The number of rotatable bonds is 2. The maximum Gasteiger partial charge on any atom is 0.211 e. The molecular weight excluding hydrogens is 316 g/mol. The van der Waals surface area contributed by atoms with Crippen molar-refractivity contribution in [2.75, 3.05) is 30.8 Å². The summed E-state index contributed by atoms with van der Waals surface area (Å²) in [6.45, 7) is 3.32. The second-order valence-corrected chi connectivity index (χ2v) is 7.51. The fraction of sp³-hybridized carbons (Fsp3) is 0.400. The number of benzene rings is 1. The van der Waals surface area contributed by atoms with Crippen LogP contribution in [0.1, 0.15) is 18.5 Å². The van der Waals surface area contributed by atoms with E-state index in [2.05, 4.69) is 5.16 Å². The van der Waals surface area contributed by atoms with Crippen molar-refractivity contribution >= 4 is 21.4 Å². The third-order valence-electron chi connectivity index (χ3n) is 3.68. The molecule has 23 heavy (non-hydrogen) atoms. The maximum absolute atomic E-state index is 10.8. The summed E-state index contributed by atoms with van der Waals surface area (Å²) in [5, 5.41) is 3.80. The van der Waals surface area contributed by atoms with Crippen molar-refractivity contribution < 1.29 is 12.9 Å². The molecule has 1 aliphatic heterocycles. The van der Waals surface area contributed by atoms with Gasteiger partial charge in [-0.2, -0.15) is 0 Å². The number of nitrogen functional groups attached to an aromatic ring is 2. The van der Waals surface area contributed by atoms with Gasteiger partial charge in [0.25, 0.3) is 0 Å². The Morgan fingerprint density at radius 3 is 2.26 bits per heavy atom. The van der Waals surface area contributed by atoms with Crippen LogP contribution in [0, 0.1) is 6.92 Å². The average Bonchev–Trinajstić information content (AvgIpc) is 3.13. The molecule has 126 valence electrons. The third kappa shape index (κ3) is 4.46. The molecule has 0 saturated carbocycles. The molecule has 1 saturated heterocycles. The predicted molar refractivity (Wildman–Crippen MR) is 91.2 cm³/mol. The van der Waals surface area contributed by atoms with Gasteiger partial charge in [0, 0.05) is 18.7 Å². The van der Waals surface area contributed by atoms with Crippen molar-refractivity contribution in [2.24, 2.45) is 0 Å². The number of hydrogen-bond donors (Lipinski definition) is 2. The molecule has 1 fully saturated rings. The molecule has 0 unspecified atom stereocenters. The molecule has 0 amide bonds. The molecule has 4 N–H and O–H groups in total. The molecular formula is C15H22N4O3S. The van der Waals surface area contributed by atoms with E-state index in [1.54, 1.807) is 12.3 Å². The zero-order valence-corrected chi connectivity index (χ0v) is 14.1. The minimum atomic E-state index is -2.87. The number of anilines is 2. The SMILES string of the molecule is CS(=O)(=O)N1CCCC1.Cc1nocc1-c1ccc(N)c(N)c1. The smallest absolute Gasteiger partial charge is 0.211 e. The number of aromatic nitrogens is 1. The van der Waals surface area contributed by atoms with Crippen LogP contribution in [0.2, 0.25) is 0 Å². The van der Waals surface area contributed by atoms with Crippen LogP contribution in [0.4, 0.5) is 11.4 Å². The second kappa shape index (κ2) is 7.01. The van der Waals surface area contributed by atoms with E-state index in [-0.39, 0.29) is 0 Å². The Kier molecular flexibility index (Phi) is 5.27. The van der Waals surface area contributed by atoms with Gasteiger partial charge in [0.2, 0.25) is 10.0 Å². The van der Waals surface area contributed by atoms with Crippen molar-refractivity contribution in [2.45, 2.75) is 19.8 Å². The Hall–Kier alpha value is -2.06. The summed E-state index contributed by atoms with van der Waals surface area (Å²) < 4.78 is 27.9. The van der Waals surface area contributed by atoms with Crippen LogP contribution >= 0.6 is 0 Å². The molecule has 0 atom stereocenters. The van der Waals surface area contributed by atoms with Crippen molar-refractivity contribution in [3.05, 3.63) is 30.2 Å². The Morgan fingerprint density at radius 1 is 1.17 bits per heavy atom. The van der Waals surface area contributed by atoms with Crippen LogP contribution in [-0.2, 0) is 10.0 Å². The lowest BCUT2D eigenvalue weighted by Gasteiger charge is -2.09. The summed E-state index contributed by atoms with van der Waals surface area (Å²) in [7, 11) is -2.87. The molecule has 2 aromatic rings. The first-order chi connectivity index (χ1) is 10.8. The number of hydrogen-bond acceptors (Lipinski definition) is 6. The van der Waals surface area contributed by atoms with Gasteiger partial charge in [-0.25, -0.2) is 12.7 Å². The van der Waals surface area contributed by atoms with Crippen molar-refractivity contribution in [3.8, 4) is 11.1 Å². The van der Waals surface area contributed by atoms with Gasteiger partial charge in [-0.15, -0.1) is 0 Å². The number of nitrogens with zero attached hydrogens (tertiary/aromatic N) is 2. The second-order valence-electron chi connectivity index (χ2n) is 5.53. The van der Waals surface area contributed by atoms with Crippen LogP contribution in [0.25, 0.3) is 11.1 Å². The number of sulfonamides is 1. The number of nitrogens with two attached hydrogens (primary N) is 2. The average molecular weight is 338 g/mol. The lowest BCUT2D eigenvalue weighted by molar-refractivity contribution is 0.415. The number of aryl methyl sites for hydroxylation is 1. The van der Waals surface area contributed by atoms with Gasteiger partial charge in [0.05, 0.1) is 23.3 Å². The molecule has 0 aliphatic carbocycles. The lowest BCUT2D eigenvalue weighted by atomic mass is 10.1. The molecule has 0 spiro atoms. The third-order valence-corrected chi connectivity index (χ3v) is 4.99. The summed E-state index contributed by atoms with van der Waals surface area (Å²) in [6.07, 6.45) is 4.90. The highest BCUT2D eigenvalue weighted by molar-refractivity contribution is 7.88. The minimum absolute atomic E-state index is 0.572. The van der Waals surface area contributed by atoms with Gasteiger partial charge >= 0.3 is 0 Å². The van der Waals surface area contributed by atoms with Gasteiger partial charge in [-0.3, -0.25) is 0 Å². The fourth-order valence-electron chi connectivity index (χ4n) is 2.33. The first kappa shape index (κ1) is 17.3. The maximum atomic E-state index is 10.8. The zero-order chi connectivity index (χ0) is 17.0. The Balaban J connectivity index is 0.000000185. The van der Waals surface area contributed by atoms with Gasteiger partial charge in [0.15, 0.2) is 0 Å². The van der Waals surface area contributed by atoms with E-state index >= 15 is 0 Å². The molecule has 7 nitrogen and oxygen atoms in total. The predicted octanol–water partition coefficient (Wildman–Crippen LogP) is 1.86. The van der Waals surface area contributed by atoms with Gasteiger partial charge in [0.1, 0.15) is 6.26 Å². The standard InChI is InChI=1S/C10H11N3O.C5H11NO2S/c1-6-8(5-14-13-6)7-2-3-9(11)10(12)4-7;1-9(7,8)6-4-2-3-5-6/h2-5H,11-12H2,1H3;2-5H2,1H3. The summed E-state index contributed by atoms with van der Waals surface area (Å²) in [5.41, 5.74) is 15.2. The normalized spacial score (nSPS) is 15.2. The Morgan fingerprint density at radius 2 is 1.83 bits per heavy atom. The monoisotopic (exact) mass is 338 g/mol. The topological polar surface area (TPSA) is 115 Å². The molecule has 3 rings (SSSR count). The molecule has 1 aromatic heterocycles. The largest absolute Gasteiger partial charge is 0.397 e. The molecule has 1 aromatic carbocycles. The van der Waals surface area contributed by atoms with Crippen molar-refractivity contribution in [3.63, 3.8) is 0 Å². The Labute approximate surface area is 136 Å². The van der Waals surface area contributed by atoms with Crippen LogP contribution < -0.4 is 11.5 Å². The minimum Gasteiger partial charge on any atom is -0.397 e. The van der Waals surface area contributed by atoms with E-state index in [4.69, 9.17) is 16.0 Å². The molecule has 8 heteroatoms. The van der Waals surface area contributed by atoms with Crippen molar-refractivity contribution in [1.82, 2.24) is 9.46 Å². The summed E-state index contributed by atoms with van der Waals surface area (Å²) >= 11 is 0. The molecule has 0 radical (unpaired) electrons. The quantitative estimate of drug-likeness (QED) is 0.807. The van der Waals surface area contributed by atoms with E-state index in [0.717, 1.165) is 42.8 Å². The van der Waals surface area contributed by atoms with Crippen molar-refractivity contribution in [1.29, 1.82) is 0 Å². The fourth-order valence-corrected chi connectivity index (χ4v) is 3.25. The van der Waals surface area contributed by atoms with E-state index < -0.39 is 10.0 Å². The molecule has 1 aliphatic rings. The van der Waals surface area contributed by atoms with Crippen LogP contribution in [0.3, 0.4) is 0 Å². The van der Waals surface area contributed by atoms with Gasteiger partial charge in [-0.1, -0.05) is 11.2 Å². The summed E-state index contributed by atoms with van der Waals surface area (Å²) in [4.78, 5) is 0. The first-order valence-corrected chi connectivity index (χ1v) is 9.15. The van der Waals surface area contributed by atoms with E-state index in [1.807, 2.05) is 19.1 Å². The van der Waals surface area contributed by atoms with E-state index in [9.17, 15) is 8.42 Å². The zero-order valence-electron chi connectivity index (χ0n) is 13.3. The highest BCUT2D eigenvalue weighted by Gasteiger charge is 2.19. The summed E-state index contributed by atoms with van der Waals surface area (Å²) in [5.74, 6) is 0. The molecule has 0 bridgehead atoms. The van der Waals surface area contributed by atoms with E-state index in [0.29, 0.717) is 11.4 Å². The Bertz CT molecular complexity index is 765. The van der Waals surface area contributed by atoms with Gasteiger partial charge < -0.3 is 16.0 Å². The lowest BCUT2D eigenvalue weighted by Crippen LogP contribution is -2.26. The van der Waals surface area contributed by atoms with Gasteiger partial charge in [-0.05, 0) is 37.5 Å². The first-order valence-electron chi connectivity index (χ1n) is 7.30. The highest BCUT2D eigenvalue weighted by atomic mass is 32.2. The van der Waals surface area contributed by atoms with Crippen LogP contribution in [-0.4, -0.2) is 37.2 Å².